The molecular weight excluding hydrogens is 397 g/mol. The van der Waals surface area contributed by atoms with Crippen molar-refractivity contribution in [3.05, 3.63) is 59.2 Å². The lowest BCUT2D eigenvalue weighted by Crippen LogP contribution is -2.35. The van der Waals surface area contributed by atoms with E-state index in [0.29, 0.717) is 16.6 Å². The van der Waals surface area contributed by atoms with E-state index in [2.05, 4.69) is 25.3 Å². The van der Waals surface area contributed by atoms with Crippen LogP contribution in [0.4, 0.5) is 13.2 Å². The molecule has 1 amide bonds. The molecule has 0 spiro atoms. The molecule has 30 heavy (non-hydrogen) atoms. The fraction of sp³-hybridized carbons (Fsp3) is 0.250. The Morgan fingerprint density at radius 2 is 2.03 bits per heavy atom. The molecule has 3 heterocycles. The van der Waals surface area contributed by atoms with Crippen LogP contribution in [0.3, 0.4) is 0 Å². The Hall–Kier alpha value is -3.56. The molecule has 1 aromatic carbocycles. The van der Waals surface area contributed by atoms with Gasteiger partial charge in [-0.1, -0.05) is 6.07 Å². The Morgan fingerprint density at radius 1 is 1.23 bits per heavy atom. The fourth-order valence-electron chi connectivity index (χ4n) is 3.27. The summed E-state index contributed by atoms with van der Waals surface area (Å²) in [6.07, 6.45) is -1.23. The first-order valence-electron chi connectivity index (χ1n) is 9.09. The molecular formula is C20H17F3N6O. The molecule has 1 N–H and O–H groups in total. The number of carbonyl (C=O) groups excluding carboxylic acids is 1. The van der Waals surface area contributed by atoms with Crippen molar-refractivity contribution in [3.8, 4) is 0 Å². The third-order valence-electron chi connectivity index (χ3n) is 4.70. The predicted octanol–water partition coefficient (Wildman–Crippen LogP) is 3.48. The van der Waals surface area contributed by atoms with E-state index in [1.54, 1.807) is 44.3 Å². The molecule has 1 atom stereocenters. The first-order chi connectivity index (χ1) is 14.2. The lowest BCUT2D eigenvalue weighted by Gasteiger charge is -2.20. The number of amidine groups is 1. The van der Waals surface area contributed by atoms with Gasteiger partial charge in [0.25, 0.3) is 5.91 Å². The standard InChI is InChI=1S/C20H17F3N6O/c1-11-3-4-15-14(7-11)27-19(20(21,22)23)29(15)17-10-25-16(9-26-17)28-18(30)13-5-6-24-8-12(13)2/h3-9,17H,10H2,1-2H3,(H,25,28,30). The maximum absolute atomic E-state index is 13.6. The molecule has 154 valence electrons. The second-order valence-electron chi connectivity index (χ2n) is 6.92. The number of carbonyl (C=O) groups is 1. The zero-order valence-corrected chi connectivity index (χ0v) is 16.1. The van der Waals surface area contributed by atoms with Gasteiger partial charge in [0.15, 0.2) is 0 Å². The van der Waals surface area contributed by atoms with E-state index >= 15 is 0 Å². The summed E-state index contributed by atoms with van der Waals surface area (Å²) in [5.41, 5.74) is 2.50. The van der Waals surface area contributed by atoms with Gasteiger partial charge in [0.2, 0.25) is 5.82 Å². The Labute approximate surface area is 169 Å². The highest BCUT2D eigenvalue weighted by molar-refractivity contribution is 6.34. The highest BCUT2D eigenvalue weighted by atomic mass is 19.4. The molecule has 1 aliphatic heterocycles. The minimum absolute atomic E-state index is 0.0656. The second kappa shape index (κ2) is 7.36. The quantitative estimate of drug-likeness (QED) is 0.697. The number of pyridine rings is 1. The first kappa shape index (κ1) is 19.7. The molecule has 7 nitrogen and oxygen atoms in total. The van der Waals surface area contributed by atoms with Gasteiger partial charge in [0.1, 0.15) is 12.0 Å². The SMILES string of the molecule is Cc1ccc2c(c1)nc(C(F)(F)F)n2C1CN=C(NC(=O)c2ccncc2C)C=N1. The Bertz CT molecular complexity index is 1190. The van der Waals surface area contributed by atoms with Crippen LogP contribution < -0.4 is 5.32 Å². The van der Waals surface area contributed by atoms with E-state index in [9.17, 15) is 18.0 Å². The number of aryl methyl sites for hydroxylation is 2. The number of halogens is 3. The smallest absolute Gasteiger partial charge is 0.306 e. The number of nitrogens with zero attached hydrogens (tertiary/aromatic N) is 5. The second-order valence-corrected chi connectivity index (χ2v) is 6.92. The van der Waals surface area contributed by atoms with E-state index in [1.165, 1.54) is 12.4 Å². The average molecular weight is 414 g/mol. The normalized spacial score (nSPS) is 16.6. The van der Waals surface area contributed by atoms with Gasteiger partial charge in [-0.05, 0) is 43.2 Å². The number of amides is 1. The minimum atomic E-state index is -4.64. The molecule has 0 saturated carbocycles. The number of alkyl halides is 3. The third kappa shape index (κ3) is 3.68. The number of aromatic nitrogens is 3. The van der Waals surface area contributed by atoms with Crippen molar-refractivity contribution < 1.29 is 18.0 Å². The number of rotatable bonds is 2. The fourth-order valence-corrected chi connectivity index (χ4v) is 3.27. The molecule has 1 unspecified atom stereocenters. The first-order valence-corrected chi connectivity index (χ1v) is 9.09. The van der Waals surface area contributed by atoms with E-state index in [0.717, 1.165) is 10.1 Å². The lowest BCUT2D eigenvalue weighted by molar-refractivity contribution is -0.147. The number of aliphatic imine (C=N–C) groups is 2. The van der Waals surface area contributed by atoms with Gasteiger partial charge in [-0.2, -0.15) is 13.2 Å². The van der Waals surface area contributed by atoms with Crippen molar-refractivity contribution in [1.82, 2.24) is 19.9 Å². The maximum atomic E-state index is 13.6. The van der Waals surface area contributed by atoms with Gasteiger partial charge in [0, 0.05) is 18.0 Å². The van der Waals surface area contributed by atoms with Crippen LogP contribution in [0.1, 0.15) is 33.5 Å². The Morgan fingerprint density at radius 3 is 2.70 bits per heavy atom. The molecule has 10 heteroatoms. The van der Waals surface area contributed by atoms with Gasteiger partial charge >= 0.3 is 6.18 Å². The van der Waals surface area contributed by atoms with Crippen molar-refractivity contribution in [3.63, 3.8) is 0 Å². The summed E-state index contributed by atoms with van der Waals surface area (Å²) in [4.78, 5) is 28.5. The summed E-state index contributed by atoms with van der Waals surface area (Å²) in [5.74, 6) is -1.24. The number of benzene rings is 1. The molecule has 1 aliphatic rings. The average Bonchev–Trinajstić information content (AvgIpc) is 3.08. The molecule has 0 bridgehead atoms. The summed E-state index contributed by atoms with van der Waals surface area (Å²) in [5, 5.41) is 2.62. The lowest BCUT2D eigenvalue weighted by atomic mass is 10.1. The molecule has 4 rings (SSSR count). The van der Waals surface area contributed by atoms with Crippen LogP contribution in [-0.2, 0) is 6.18 Å². The van der Waals surface area contributed by atoms with Gasteiger partial charge < -0.3 is 5.32 Å². The Kier molecular flexibility index (Phi) is 4.84. The summed E-state index contributed by atoms with van der Waals surface area (Å²) in [6, 6.07) is 6.48. The number of nitrogens with one attached hydrogen (secondary N) is 1. The van der Waals surface area contributed by atoms with Crippen LogP contribution in [0, 0.1) is 13.8 Å². The number of imidazole rings is 1. The van der Waals surface area contributed by atoms with Crippen molar-refractivity contribution in [2.75, 3.05) is 6.54 Å². The molecule has 0 fully saturated rings. The van der Waals surface area contributed by atoms with Crippen molar-refractivity contribution in [2.45, 2.75) is 26.2 Å². The van der Waals surface area contributed by atoms with Gasteiger partial charge in [-0.25, -0.2) is 4.98 Å². The number of fused-ring (bicyclic) bond motifs is 1. The molecule has 0 saturated heterocycles. The molecule has 2 aromatic heterocycles. The molecule has 3 aromatic rings. The van der Waals surface area contributed by atoms with E-state index in [4.69, 9.17) is 0 Å². The van der Waals surface area contributed by atoms with Crippen LogP contribution in [0.25, 0.3) is 11.0 Å². The largest absolute Gasteiger partial charge is 0.449 e. The van der Waals surface area contributed by atoms with Gasteiger partial charge in [0.05, 0.1) is 23.8 Å². The van der Waals surface area contributed by atoms with Gasteiger partial charge in [-0.3, -0.25) is 24.3 Å². The summed E-state index contributed by atoms with van der Waals surface area (Å²) >= 11 is 0. The van der Waals surface area contributed by atoms with E-state index < -0.39 is 24.1 Å². The highest BCUT2D eigenvalue weighted by Gasteiger charge is 2.39. The third-order valence-corrected chi connectivity index (χ3v) is 4.70. The zero-order valence-electron chi connectivity index (χ0n) is 16.1. The molecule has 0 radical (unpaired) electrons. The molecule has 0 aliphatic carbocycles. The zero-order chi connectivity index (χ0) is 21.5. The summed E-state index contributed by atoms with van der Waals surface area (Å²) < 4.78 is 41.8. The van der Waals surface area contributed by atoms with Crippen molar-refractivity contribution >= 4 is 29.0 Å². The number of hydrogen-bond acceptors (Lipinski definition) is 5. The van der Waals surface area contributed by atoms with Crippen LogP contribution in [0.2, 0.25) is 0 Å². The number of hydrogen-bond donors (Lipinski definition) is 1. The predicted molar refractivity (Wildman–Crippen MR) is 106 cm³/mol. The van der Waals surface area contributed by atoms with Crippen LogP contribution in [0.5, 0.6) is 0 Å². The van der Waals surface area contributed by atoms with Crippen LogP contribution in [0.15, 0.2) is 46.6 Å². The van der Waals surface area contributed by atoms with Crippen molar-refractivity contribution in [1.29, 1.82) is 0 Å². The minimum Gasteiger partial charge on any atom is -0.306 e. The Balaban J connectivity index is 1.61. The summed E-state index contributed by atoms with van der Waals surface area (Å²) in [7, 11) is 0. The van der Waals surface area contributed by atoms with E-state index in [1.807, 2.05) is 0 Å². The van der Waals surface area contributed by atoms with E-state index in [-0.39, 0.29) is 17.9 Å². The monoisotopic (exact) mass is 414 g/mol. The maximum Gasteiger partial charge on any atom is 0.449 e. The van der Waals surface area contributed by atoms with Crippen molar-refractivity contribution in [2.24, 2.45) is 9.98 Å². The topological polar surface area (TPSA) is 84.5 Å². The highest BCUT2D eigenvalue weighted by Crippen LogP contribution is 2.34. The van der Waals surface area contributed by atoms with Crippen LogP contribution >= 0.6 is 0 Å². The summed E-state index contributed by atoms with van der Waals surface area (Å²) in [6.45, 7) is 3.47. The van der Waals surface area contributed by atoms with Crippen LogP contribution in [-0.4, -0.2) is 39.0 Å². The van der Waals surface area contributed by atoms with Gasteiger partial charge in [-0.15, -0.1) is 0 Å².